The number of nitrogens with one attached hydrogen (secondary N) is 2. The van der Waals surface area contributed by atoms with E-state index in [0.29, 0.717) is 12.3 Å². The lowest BCUT2D eigenvalue weighted by Crippen LogP contribution is -2.66. The van der Waals surface area contributed by atoms with Crippen LogP contribution in [0.15, 0.2) is 0 Å². The van der Waals surface area contributed by atoms with Crippen molar-refractivity contribution in [2.24, 2.45) is 35.5 Å². The van der Waals surface area contributed by atoms with Gasteiger partial charge in [-0.2, -0.15) is 0 Å². The average Bonchev–Trinajstić information content (AvgIpc) is 3.07. The van der Waals surface area contributed by atoms with Gasteiger partial charge < -0.3 is 10.6 Å². The molecule has 10 unspecified atom stereocenters. The van der Waals surface area contributed by atoms with E-state index in [-0.39, 0.29) is 0 Å². The zero-order valence-electron chi connectivity index (χ0n) is 27.2. The van der Waals surface area contributed by atoms with Gasteiger partial charge in [-0.25, -0.2) is 0 Å². The van der Waals surface area contributed by atoms with Crippen molar-refractivity contribution in [1.82, 2.24) is 20.4 Å². The summed E-state index contributed by atoms with van der Waals surface area (Å²) in [5.41, 5.74) is 0. The van der Waals surface area contributed by atoms with Gasteiger partial charge in [0.15, 0.2) is 0 Å². The molecular formula is C38H66N4. The summed E-state index contributed by atoms with van der Waals surface area (Å²) >= 11 is 0. The smallest absolute Gasteiger partial charge is 0.0602 e. The van der Waals surface area contributed by atoms with Crippen LogP contribution in [0.25, 0.3) is 0 Å². The molecule has 10 atom stereocenters. The maximum absolute atomic E-state index is 4.11. The molecule has 0 aromatic rings. The van der Waals surface area contributed by atoms with Crippen LogP contribution >= 0.6 is 0 Å². The van der Waals surface area contributed by atoms with Gasteiger partial charge in [0.2, 0.25) is 0 Å². The minimum absolute atomic E-state index is 0.679. The Hall–Kier alpha value is -0.160. The lowest BCUT2D eigenvalue weighted by Gasteiger charge is -2.64. The van der Waals surface area contributed by atoms with Crippen molar-refractivity contribution in [3.8, 4) is 0 Å². The summed E-state index contributed by atoms with van der Waals surface area (Å²) in [7, 11) is 0. The van der Waals surface area contributed by atoms with Crippen LogP contribution in [-0.4, -0.2) is 59.4 Å². The van der Waals surface area contributed by atoms with Gasteiger partial charge in [0, 0.05) is 24.2 Å². The molecule has 2 heterocycles. The summed E-state index contributed by atoms with van der Waals surface area (Å²) in [4.78, 5) is 6.45. The van der Waals surface area contributed by atoms with E-state index in [4.69, 9.17) is 0 Å². The van der Waals surface area contributed by atoms with E-state index >= 15 is 0 Å². The molecule has 6 aliphatic carbocycles. The Morgan fingerprint density at radius 3 is 1.17 bits per heavy atom. The number of hydrogen-bond acceptors (Lipinski definition) is 4. The molecule has 238 valence electrons. The van der Waals surface area contributed by atoms with Crippen LogP contribution in [0.5, 0.6) is 0 Å². The number of piperidine rings is 2. The Labute approximate surface area is 259 Å². The zero-order valence-corrected chi connectivity index (χ0v) is 27.2. The van der Waals surface area contributed by atoms with E-state index in [1.54, 1.807) is 38.5 Å². The Kier molecular flexibility index (Phi) is 9.26. The SMILES string of the molecule is C1CCC(N(C2CCCCN2)C2CCC3CCC4C5C(CCC2C35)CCC4N(C2CCCCC2)C2CCCCN2)CC1. The van der Waals surface area contributed by atoms with Crippen molar-refractivity contribution in [2.75, 3.05) is 13.1 Å². The third kappa shape index (κ3) is 5.57. The molecule has 0 aromatic carbocycles. The van der Waals surface area contributed by atoms with Crippen LogP contribution < -0.4 is 10.6 Å². The standard InChI is InChI=1S/C38H66N4/c1-3-11-29(12-4-1)41(35-15-7-9-25-39-35)33-23-19-27-18-22-32-34(24-20-28-17-21-31(33)37(27)38(28)32)42(30-13-5-2-6-14-30)36-16-8-10-26-40-36/h27-40H,1-26H2. The molecule has 8 rings (SSSR count). The molecule has 2 N–H and O–H groups in total. The molecule has 8 aliphatic rings. The van der Waals surface area contributed by atoms with E-state index in [2.05, 4.69) is 20.4 Å². The summed E-state index contributed by atoms with van der Waals surface area (Å²) < 4.78 is 0. The maximum atomic E-state index is 4.11. The Balaban J connectivity index is 1.08. The van der Waals surface area contributed by atoms with Gasteiger partial charge in [-0.3, -0.25) is 9.80 Å². The zero-order chi connectivity index (χ0) is 27.9. The summed E-state index contributed by atoms with van der Waals surface area (Å²) in [6.45, 7) is 2.52. The second-order valence-electron chi connectivity index (χ2n) is 16.9. The highest BCUT2D eigenvalue weighted by Gasteiger charge is 2.58. The van der Waals surface area contributed by atoms with Crippen molar-refractivity contribution in [1.29, 1.82) is 0 Å². The molecule has 4 nitrogen and oxygen atoms in total. The van der Waals surface area contributed by atoms with Gasteiger partial charge in [0.25, 0.3) is 0 Å². The highest BCUT2D eigenvalue weighted by molar-refractivity contribution is 5.09. The molecule has 0 aromatic heterocycles. The highest BCUT2D eigenvalue weighted by Crippen LogP contribution is 2.62. The van der Waals surface area contributed by atoms with Crippen molar-refractivity contribution in [2.45, 2.75) is 191 Å². The molecule has 6 saturated carbocycles. The van der Waals surface area contributed by atoms with E-state index < -0.39 is 0 Å². The van der Waals surface area contributed by atoms with Crippen LogP contribution in [0, 0.1) is 35.5 Å². The molecule has 0 bridgehead atoms. The van der Waals surface area contributed by atoms with Gasteiger partial charge in [-0.1, -0.05) is 38.5 Å². The summed E-state index contributed by atoms with van der Waals surface area (Å²) in [5, 5.41) is 8.21. The number of hydrogen-bond donors (Lipinski definition) is 2. The maximum Gasteiger partial charge on any atom is 0.0602 e. The number of rotatable bonds is 6. The van der Waals surface area contributed by atoms with Gasteiger partial charge >= 0.3 is 0 Å². The lowest BCUT2D eigenvalue weighted by molar-refractivity contribution is -0.151. The first-order chi connectivity index (χ1) is 20.9. The van der Waals surface area contributed by atoms with Gasteiger partial charge in [-0.05, 0) is 164 Å². The van der Waals surface area contributed by atoms with Gasteiger partial charge in [0.05, 0.1) is 12.3 Å². The Morgan fingerprint density at radius 2 is 0.762 bits per heavy atom. The summed E-state index contributed by atoms with van der Waals surface area (Å²) in [6, 6.07) is 3.48. The van der Waals surface area contributed by atoms with E-state index in [1.807, 2.05) is 0 Å². The molecule has 8 fully saturated rings. The predicted octanol–water partition coefficient (Wildman–Crippen LogP) is 8.06. The fourth-order valence-electron chi connectivity index (χ4n) is 13.4. The normalized spacial score (nSPS) is 45.6. The minimum atomic E-state index is 0.679. The molecule has 0 amide bonds. The highest BCUT2D eigenvalue weighted by atomic mass is 15.3. The predicted molar refractivity (Wildman–Crippen MR) is 174 cm³/mol. The first-order valence-electron chi connectivity index (χ1n) is 19.9. The molecule has 2 saturated heterocycles. The fourth-order valence-corrected chi connectivity index (χ4v) is 13.4. The molecule has 0 radical (unpaired) electrons. The van der Waals surface area contributed by atoms with Gasteiger partial charge in [0.1, 0.15) is 0 Å². The van der Waals surface area contributed by atoms with Crippen molar-refractivity contribution in [3.05, 3.63) is 0 Å². The molecule has 0 spiro atoms. The van der Waals surface area contributed by atoms with Crippen molar-refractivity contribution < 1.29 is 0 Å². The molecule has 2 aliphatic heterocycles. The quantitative estimate of drug-likeness (QED) is 0.334. The Morgan fingerprint density at radius 1 is 0.357 bits per heavy atom. The van der Waals surface area contributed by atoms with Crippen LogP contribution in [0.1, 0.15) is 154 Å². The second kappa shape index (κ2) is 13.3. The lowest BCUT2D eigenvalue weighted by atomic mass is 9.46. The molecule has 4 heteroatoms. The molecule has 42 heavy (non-hydrogen) atoms. The van der Waals surface area contributed by atoms with Crippen molar-refractivity contribution >= 4 is 0 Å². The third-order valence-corrected chi connectivity index (χ3v) is 15.0. The first-order valence-corrected chi connectivity index (χ1v) is 19.9. The van der Waals surface area contributed by atoms with Crippen LogP contribution in [-0.2, 0) is 0 Å². The Bertz CT molecular complexity index is 747. The first kappa shape index (κ1) is 29.3. The van der Waals surface area contributed by atoms with E-state index in [0.717, 1.165) is 59.7 Å². The molecular weight excluding hydrogens is 512 g/mol. The fraction of sp³-hybridized carbons (Fsp3) is 1.00. The van der Waals surface area contributed by atoms with Crippen LogP contribution in [0.3, 0.4) is 0 Å². The largest absolute Gasteiger partial charge is 0.302 e. The minimum Gasteiger partial charge on any atom is -0.302 e. The summed E-state index contributed by atoms with van der Waals surface area (Å²) in [6.07, 6.45) is 37.1. The van der Waals surface area contributed by atoms with E-state index in [9.17, 15) is 0 Å². The topological polar surface area (TPSA) is 30.5 Å². The number of nitrogens with zero attached hydrogens (tertiary/aromatic N) is 2. The monoisotopic (exact) mass is 579 g/mol. The van der Waals surface area contributed by atoms with E-state index in [1.165, 1.54) is 129 Å². The van der Waals surface area contributed by atoms with Crippen LogP contribution in [0.2, 0.25) is 0 Å². The van der Waals surface area contributed by atoms with Gasteiger partial charge in [-0.15, -0.1) is 0 Å². The van der Waals surface area contributed by atoms with Crippen molar-refractivity contribution in [3.63, 3.8) is 0 Å². The third-order valence-electron chi connectivity index (χ3n) is 15.0. The second-order valence-corrected chi connectivity index (χ2v) is 16.9. The van der Waals surface area contributed by atoms with Crippen LogP contribution in [0.4, 0.5) is 0 Å². The summed E-state index contributed by atoms with van der Waals surface area (Å²) in [5.74, 6) is 6.19. The average molecular weight is 579 g/mol.